The van der Waals surface area contributed by atoms with E-state index in [1.54, 1.807) is 18.2 Å². The fourth-order valence-electron chi connectivity index (χ4n) is 5.63. The van der Waals surface area contributed by atoms with Gasteiger partial charge in [-0.1, -0.05) is 24.3 Å². The Kier molecular flexibility index (Phi) is 6.66. The maximum absolute atomic E-state index is 14.1. The van der Waals surface area contributed by atoms with E-state index in [-0.39, 0.29) is 35.8 Å². The van der Waals surface area contributed by atoms with Crippen LogP contribution in [0.2, 0.25) is 0 Å². The zero-order chi connectivity index (χ0) is 29.8. The molecule has 0 amide bonds. The summed E-state index contributed by atoms with van der Waals surface area (Å²) in [6.45, 7) is 0.240. The summed E-state index contributed by atoms with van der Waals surface area (Å²) in [6, 6.07) is 14.1. The molecule has 6 rings (SSSR count). The van der Waals surface area contributed by atoms with Crippen LogP contribution in [-0.4, -0.2) is 27.5 Å². The standard InChI is InChI=1S/C30H22F6N2O4/c31-29(32,33)23-9-7-21-22(28(23)16-1-3-18(4-2-16)38-12-11-26(37-38)30(34,35)36)8-10-24(21)42-19-5-6-20-17(13-27(39)40)15-41-25(20)14-19/h1-7,9,11-12,14,17,24H,8,10,13,15H2,(H,39,40)/t17-,24?/m1/s1. The summed E-state index contributed by atoms with van der Waals surface area (Å²) in [4.78, 5) is 11.1. The molecule has 1 aromatic heterocycles. The molecule has 42 heavy (non-hydrogen) atoms. The quantitative estimate of drug-likeness (QED) is 0.235. The first kappa shape index (κ1) is 27.7. The molecular formula is C30H22F6N2O4. The van der Waals surface area contributed by atoms with Crippen molar-refractivity contribution >= 4 is 5.97 Å². The summed E-state index contributed by atoms with van der Waals surface area (Å²) < 4.78 is 94.1. The van der Waals surface area contributed by atoms with E-state index in [0.717, 1.165) is 28.6 Å². The Morgan fingerprint density at radius 1 is 0.976 bits per heavy atom. The van der Waals surface area contributed by atoms with Crippen molar-refractivity contribution < 1.29 is 45.7 Å². The van der Waals surface area contributed by atoms with Gasteiger partial charge in [0, 0.05) is 23.7 Å². The van der Waals surface area contributed by atoms with Crippen molar-refractivity contribution in [2.75, 3.05) is 6.61 Å². The molecule has 0 spiro atoms. The van der Waals surface area contributed by atoms with E-state index in [4.69, 9.17) is 14.6 Å². The third-order valence-electron chi connectivity index (χ3n) is 7.52. The predicted molar refractivity (Wildman–Crippen MR) is 138 cm³/mol. The van der Waals surface area contributed by atoms with Crippen molar-refractivity contribution in [1.82, 2.24) is 9.78 Å². The number of nitrogens with zero attached hydrogens (tertiary/aromatic N) is 2. The van der Waals surface area contributed by atoms with Crippen molar-refractivity contribution in [2.24, 2.45) is 0 Å². The number of hydrogen-bond acceptors (Lipinski definition) is 4. The number of carboxylic acid groups (broad SMARTS) is 1. The van der Waals surface area contributed by atoms with E-state index in [0.29, 0.717) is 35.5 Å². The normalized spacial score (nSPS) is 18.0. The van der Waals surface area contributed by atoms with E-state index in [9.17, 15) is 31.1 Å². The molecule has 4 aromatic rings. The number of aliphatic carboxylic acids is 1. The second-order valence-electron chi connectivity index (χ2n) is 10.2. The van der Waals surface area contributed by atoms with Crippen LogP contribution in [0.5, 0.6) is 11.5 Å². The van der Waals surface area contributed by atoms with Gasteiger partial charge in [-0.25, -0.2) is 4.68 Å². The van der Waals surface area contributed by atoms with Gasteiger partial charge in [-0.2, -0.15) is 31.4 Å². The third-order valence-corrected chi connectivity index (χ3v) is 7.52. The van der Waals surface area contributed by atoms with Crippen LogP contribution in [0.1, 0.15) is 52.8 Å². The number of alkyl halides is 6. The first-order chi connectivity index (χ1) is 19.9. The topological polar surface area (TPSA) is 73.6 Å². The molecule has 2 atom stereocenters. The molecule has 1 N–H and O–H groups in total. The van der Waals surface area contributed by atoms with Crippen LogP contribution in [0.3, 0.4) is 0 Å². The van der Waals surface area contributed by atoms with E-state index in [2.05, 4.69) is 5.10 Å². The van der Waals surface area contributed by atoms with Crippen LogP contribution in [0.4, 0.5) is 26.3 Å². The predicted octanol–water partition coefficient (Wildman–Crippen LogP) is 7.59. The lowest BCUT2D eigenvalue weighted by molar-refractivity contribution is -0.141. The molecule has 0 bridgehead atoms. The van der Waals surface area contributed by atoms with Gasteiger partial charge < -0.3 is 14.6 Å². The summed E-state index contributed by atoms with van der Waals surface area (Å²) in [6.07, 6.45) is -7.98. The van der Waals surface area contributed by atoms with E-state index in [1.807, 2.05) is 0 Å². The molecule has 0 fully saturated rings. The largest absolute Gasteiger partial charge is 0.492 e. The maximum atomic E-state index is 14.1. The van der Waals surface area contributed by atoms with Gasteiger partial charge in [0.25, 0.3) is 0 Å². The molecule has 3 aromatic carbocycles. The highest BCUT2D eigenvalue weighted by Crippen LogP contribution is 2.47. The van der Waals surface area contributed by atoms with E-state index >= 15 is 0 Å². The monoisotopic (exact) mass is 588 g/mol. The lowest BCUT2D eigenvalue weighted by Gasteiger charge is -2.20. The van der Waals surface area contributed by atoms with Gasteiger partial charge in [-0.05, 0) is 65.4 Å². The number of halogens is 6. The van der Waals surface area contributed by atoms with Crippen molar-refractivity contribution in [1.29, 1.82) is 0 Å². The number of fused-ring (bicyclic) bond motifs is 2. The van der Waals surface area contributed by atoms with Crippen LogP contribution in [0, 0.1) is 0 Å². The maximum Gasteiger partial charge on any atom is 0.435 e. The summed E-state index contributed by atoms with van der Waals surface area (Å²) in [5.41, 5.74) is 0.499. The molecule has 2 heterocycles. The third kappa shape index (κ3) is 5.17. The number of carboxylic acids is 1. The van der Waals surface area contributed by atoms with Gasteiger partial charge in [-0.3, -0.25) is 4.79 Å². The van der Waals surface area contributed by atoms with Crippen LogP contribution in [0.15, 0.2) is 66.9 Å². The molecule has 2 aliphatic rings. The molecule has 0 saturated carbocycles. The van der Waals surface area contributed by atoms with Crippen LogP contribution in [-0.2, 0) is 23.6 Å². The molecule has 1 unspecified atom stereocenters. The summed E-state index contributed by atoms with van der Waals surface area (Å²) in [7, 11) is 0. The van der Waals surface area contributed by atoms with E-state index < -0.39 is 35.7 Å². The molecule has 12 heteroatoms. The number of rotatable bonds is 6. The Morgan fingerprint density at radius 2 is 1.71 bits per heavy atom. The highest BCUT2D eigenvalue weighted by molar-refractivity contribution is 5.75. The molecule has 1 aliphatic heterocycles. The Morgan fingerprint density at radius 3 is 2.38 bits per heavy atom. The summed E-state index contributed by atoms with van der Waals surface area (Å²) in [5.74, 6) is -0.232. The van der Waals surface area contributed by atoms with Crippen molar-refractivity contribution in [3.63, 3.8) is 0 Å². The van der Waals surface area contributed by atoms with Crippen molar-refractivity contribution in [3.05, 3.63) is 94.8 Å². The summed E-state index contributed by atoms with van der Waals surface area (Å²) in [5, 5.41) is 12.6. The van der Waals surface area contributed by atoms with Gasteiger partial charge >= 0.3 is 18.3 Å². The van der Waals surface area contributed by atoms with Gasteiger partial charge in [0.1, 0.15) is 17.6 Å². The van der Waals surface area contributed by atoms with Crippen LogP contribution < -0.4 is 9.47 Å². The molecule has 1 aliphatic carbocycles. The lowest BCUT2D eigenvalue weighted by Crippen LogP contribution is -2.10. The van der Waals surface area contributed by atoms with Gasteiger partial charge in [0.05, 0.1) is 24.3 Å². The zero-order valence-electron chi connectivity index (χ0n) is 21.7. The van der Waals surface area contributed by atoms with Gasteiger partial charge in [0.2, 0.25) is 0 Å². The van der Waals surface area contributed by atoms with Crippen LogP contribution >= 0.6 is 0 Å². The molecule has 0 radical (unpaired) electrons. The first-order valence-electron chi connectivity index (χ1n) is 13.0. The fraction of sp³-hybridized carbons (Fsp3) is 0.267. The lowest BCUT2D eigenvalue weighted by atomic mass is 9.91. The van der Waals surface area contributed by atoms with Crippen molar-refractivity contribution in [3.8, 4) is 28.3 Å². The number of carbonyl (C=O) groups is 1. The minimum Gasteiger partial charge on any atom is -0.492 e. The zero-order valence-corrected chi connectivity index (χ0v) is 21.7. The smallest absolute Gasteiger partial charge is 0.435 e. The molecule has 0 saturated heterocycles. The molecule has 218 valence electrons. The highest BCUT2D eigenvalue weighted by Gasteiger charge is 2.38. The second-order valence-corrected chi connectivity index (χ2v) is 10.2. The van der Waals surface area contributed by atoms with Crippen LogP contribution in [0.25, 0.3) is 16.8 Å². The Labute approximate surface area is 235 Å². The Hall–Kier alpha value is -4.48. The SMILES string of the molecule is O=C(O)C[C@@H]1COc2cc(OC3CCc4c3ccc(C(F)(F)F)c4-c3ccc(-n4ccc(C(F)(F)F)n4)cc3)ccc21. The summed E-state index contributed by atoms with van der Waals surface area (Å²) >= 11 is 0. The number of aromatic nitrogens is 2. The fourth-order valence-corrected chi connectivity index (χ4v) is 5.63. The minimum absolute atomic E-state index is 0.00268. The number of hydrogen-bond donors (Lipinski definition) is 1. The second kappa shape index (κ2) is 10.1. The number of ether oxygens (including phenoxy) is 2. The first-order valence-corrected chi connectivity index (χ1v) is 13.0. The highest BCUT2D eigenvalue weighted by atomic mass is 19.4. The van der Waals surface area contributed by atoms with Crippen molar-refractivity contribution in [2.45, 2.75) is 43.6 Å². The average molecular weight is 589 g/mol. The Bertz CT molecular complexity index is 1660. The van der Waals surface area contributed by atoms with Gasteiger partial charge in [0.15, 0.2) is 5.69 Å². The Balaban J connectivity index is 1.30. The molecular weight excluding hydrogens is 566 g/mol. The average Bonchev–Trinajstić information content (AvgIpc) is 3.67. The molecule has 6 nitrogen and oxygen atoms in total. The minimum atomic E-state index is -4.64. The number of benzene rings is 3. The van der Waals surface area contributed by atoms with E-state index in [1.165, 1.54) is 30.3 Å². The van der Waals surface area contributed by atoms with Gasteiger partial charge in [-0.15, -0.1) is 0 Å².